The molecule has 2 aromatic rings. The largest absolute Gasteiger partial charge is 0.370 e. The Morgan fingerprint density at radius 3 is 2.94 bits per heavy atom. The van der Waals surface area contributed by atoms with Crippen molar-refractivity contribution >= 4 is 45.5 Å². The minimum absolute atomic E-state index is 0.0856. The Labute approximate surface area is 112 Å². The van der Waals surface area contributed by atoms with Gasteiger partial charge in [0, 0.05) is 16.0 Å². The number of fused-ring (bicyclic) bond motifs is 1. The summed E-state index contributed by atoms with van der Waals surface area (Å²) < 4.78 is 2.94. The van der Waals surface area contributed by atoms with Crippen LogP contribution in [0.2, 0.25) is 0 Å². The Bertz CT molecular complexity index is 578. The summed E-state index contributed by atoms with van der Waals surface area (Å²) >= 11 is 2.22. The van der Waals surface area contributed by atoms with Crippen LogP contribution in [0.1, 0.15) is 19.4 Å². The van der Waals surface area contributed by atoms with Gasteiger partial charge in [-0.2, -0.15) is 0 Å². The van der Waals surface area contributed by atoms with Gasteiger partial charge in [0.05, 0.1) is 11.0 Å². The molecule has 0 radical (unpaired) electrons. The van der Waals surface area contributed by atoms with Crippen molar-refractivity contribution in [2.75, 3.05) is 5.73 Å². The molecule has 1 aromatic heterocycles. The van der Waals surface area contributed by atoms with Crippen LogP contribution in [0.15, 0.2) is 18.2 Å². The number of carbonyl (C=O) groups is 1. The van der Waals surface area contributed by atoms with Crippen molar-refractivity contribution < 1.29 is 4.79 Å². The maximum atomic E-state index is 11.0. The van der Waals surface area contributed by atoms with Crippen LogP contribution < -0.4 is 11.5 Å². The van der Waals surface area contributed by atoms with Crippen molar-refractivity contribution in [1.29, 1.82) is 0 Å². The summed E-state index contributed by atoms with van der Waals surface area (Å²) in [5.41, 5.74) is 12.8. The van der Waals surface area contributed by atoms with Crippen molar-refractivity contribution in [1.82, 2.24) is 9.55 Å². The zero-order chi connectivity index (χ0) is 12.6. The SMILES string of the molecule is CC(CC(N)=O)n1c(N)nc2cc(I)ccc21. The van der Waals surface area contributed by atoms with E-state index in [9.17, 15) is 4.79 Å². The van der Waals surface area contributed by atoms with Gasteiger partial charge in [0.2, 0.25) is 11.9 Å². The molecule has 0 bridgehead atoms. The highest BCUT2D eigenvalue weighted by atomic mass is 127. The van der Waals surface area contributed by atoms with E-state index in [1.165, 1.54) is 0 Å². The first kappa shape index (κ1) is 12.2. The van der Waals surface area contributed by atoms with Gasteiger partial charge in [0.15, 0.2) is 0 Å². The Balaban J connectivity index is 2.53. The molecule has 0 aliphatic rings. The summed E-state index contributed by atoms with van der Waals surface area (Å²) in [5, 5.41) is 0. The fourth-order valence-electron chi connectivity index (χ4n) is 1.94. The fraction of sp³-hybridized carbons (Fsp3) is 0.273. The molecule has 5 nitrogen and oxygen atoms in total. The van der Waals surface area contributed by atoms with Gasteiger partial charge in [-0.1, -0.05) is 0 Å². The minimum Gasteiger partial charge on any atom is -0.370 e. The molecule has 1 aromatic carbocycles. The summed E-state index contributed by atoms with van der Waals surface area (Å²) in [4.78, 5) is 15.2. The first-order valence-electron chi connectivity index (χ1n) is 5.20. The summed E-state index contributed by atoms with van der Waals surface area (Å²) in [7, 11) is 0. The number of nitrogens with zero attached hydrogens (tertiary/aromatic N) is 2. The number of hydrogen-bond acceptors (Lipinski definition) is 3. The molecule has 6 heteroatoms. The van der Waals surface area contributed by atoms with Gasteiger partial charge in [-0.05, 0) is 47.7 Å². The molecule has 1 unspecified atom stereocenters. The predicted molar refractivity (Wildman–Crippen MR) is 75.4 cm³/mol. The maximum absolute atomic E-state index is 11.0. The van der Waals surface area contributed by atoms with Crippen LogP contribution in [-0.2, 0) is 4.79 Å². The monoisotopic (exact) mass is 344 g/mol. The van der Waals surface area contributed by atoms with Crippen LogP contribution >= 0.6 is 22.6 Å². The van der Waals surface area contributed by atoms with Crippen LogP contribution in [0.4, 0.5) is 5.95 Å². The third-order valence-electron chi connectivity index (χ3n) is 2.62. The van der Waals surface area contributed by atoms with Gasteiger partial charge in [-0.3, -0.25) is 4.79 Å². The van der Waals surface area contributed by atoms with E-state index in [4.69, 9.17) is 11.5 Å². The first-order valence-corrected chi connectivity index (χ1v) is 6.28. The molecule has 1 heterocycles. The lowest BCUT2D eigenvalue weighted by molar-refractivity contribution is -0.118. The van der Waals surface area contributed by atoms with Gasteiger partial charge >= 0.3 is 0 Å². The molecule has 1 atom stereocenters. The summed E-state index contributed by atoms with van der Waals surface area (Å²) in [6.07, 6.45) is 0.252. The number of benzene rings is 1. The lowest BCUT2D eigenvalue weighted by Crippen LogP contribution is -2.18. The van der Waals surface area contributed by atoms with Crippen LogP contribution in [0.25, 0.3) is 11.0 Å². The number of nitrogen functional groups attached to an aromatic ring is 1. The second kappa shape index (κ2) is 4.52. The van der Waals surface area contributed by atoms with Gasteiger partial charge < -0.3 is 16.0 Å². The quantitative estimate of drug-likeness (QED) is 0.831. The van der Waals surface area contributed by atoms with Gasteiger partial charge in [-0.15, -0.1) is 0 Å². The topological polar surface area (TPSA) is 86.9 Å². The number of rotatable bonds is 3. The normalized spacial score (nSPS) is 12.8. The van der Waals surface area contributed by atoms with Crippen LogP contribution in [0.3, 0.4) is 0 Å². The van der Waals surface area contributed by atoms with E-state index in [0.717, 1.165) is 14.6 Å². The first-order chi connectivity index (χ1) is 7.99. The predicted octanol–water partition coefficient (Wildman–Crippen LogP) is 1.66. The van der Waals surface area contributed by atoms with E-state index in [1.807, 2.05) is 29.7 Å². The maximum Gasteiger partial charge on any atom is 0.219 e. The van der Waals surface area contributed by atoms with Crippen molar-refractivity contribution in [2.45, 2.75) is 19.4 Å². The van der Waals surface area contributed by atoms with E-state index in [0.29, 0.717) is 5.95 Å². The molecule has 0 saturated heterocycles. The molecule has 90 valence electrons. The van der Waals surface area contributed by atoms with Gasteiger partial charge in [-0.25, -0.2) is 4.98 Å². The van der Waals surface area contributed by atoms with E-state index in [1.54, 1.807) is 0 Å². The number of amides is 1. The third kappa shape index (κ3) is 2.36. The second-order valence-corrected chi connectivity index (χ2v) is 5.24. The zero-order valence-corrected chi connectivity index (χ0v) is 11.5. The average molecular weight is 344 g/mol. The Hall–Kier alpha value is -1.31. The molecule has 4 N–H and O–H groups in total. The lowest BCUT2D eigenvalue weighted by Gasteiger charge is -2.14. The molecular weight excluding hydrogens is 331 g/mol. The molecule has 17 heavy (non-hydrogen) atoms. The standard InChI is InChI=1S/C11H13IN4O/c1-6(4-10(13)17)16-9-3-2-7(12)5-8(9)15-11(16)14/h2-3,5-6H,4H2,1H3,(H2,13,17)(H2,14,15). The van der Waals surface area contributed by atoms with Crippen LogP contribution in [0, 0.1) is 3.57 Å². The number of hydrogen-bond donors (Lipinski definition) is 2. The van der Waals surface area contributed by atoms with Crippen LogP contribution in [0.5, 0.6) is 0 Å². The minimum atomic E-state index is -0.343. The smallest absolute Gasteiger partial charge is 0.219 e. The molecule has 0 aliphatic heterocycles. The fourth-order valence-corrected chi connectivity index (χ4v) is 2.41. The molecule has 1 amide bonds. The molecule has 0 fully saturated rings. The molecule has 0 aliphatic carbocycles. The number of imidazole rings is 1. The van der Waals surface area contributed by atoms with Gasteiger partial charge in [0.25, 0.3) is 0 Å². The Kier molecular flexibility index (Phi) is 3.23. The summed E-state index contributed by atoms with van der Waals surface area (Å²) in [6.45, 7) is 1.90. The molecule has 2 rings (SSSR count). The number of carbonyl (C=O) groups excluding carboxylic acids is 1. The third-order valence-corrected chi connectivity index (χ3v) is 3.29. The summed E-state index contributed by atoms with van der Waals surface area (Å²) in [5.74, 6) is 0.0695. The lowest BCUT2D eigenvalue weighted by atomic mass is 10.2. The number of anilines is 1. The summed E-state index contributed by atoms with van der Waals surface area (Å²) in [6, 6.07) is 5.81. The number of primary amides is 1. The Morgan fingerprint density at radius 2 is 2.29 bits per heavy atom. The highest BCUT2D eigenvalue weighted by molar-refractivity contribution is 14.1. The number of halogens is 1. The number of aromatic nitrogens is 2. The van der Waals surface area contributed by atoms with Crippen molar-refractivity contribution in [2.24, 2.45) is 5.73 Å². The van der Waals surface area contributed by atoms with Gasteiger partial charge in [0.1, 0.15) is 0 Å². The Morgan fingerprint density at radius 1 is 1.59 bits per heavy atom. The van der Waals surface area contributed by atoms with Crippen molar-refractivity contribution in [3.05, 3.63) is 21.8 Å². The van der Waals surface area contributed by atoms with Crippen molar-refractivity contribution in [3.63, 3.8) is 0 Å². The van der Waals surface area contributed by atoms with E-state index in [2.05, 4.69) is 27.6 Å². The number of nitrogens with two attached hydrogens (primary N) is 2. The second-order valence-electron chi connectivity index (χ2n) is 3.99. The highest BCUT2D eigenvalue weighted by Gasteiger charge is 2.15. The highest BCUT2D eigenvalue weighted by Crippen LogP contribution is 2.25. The van der Waals surface area contributed by atoms with Crippen LogP contribution in [-0.4, -0.2) is 15.5 Å². The van der Waals surface area contributed by atoms with E-state index >= 15 is 0 Å². The molecule has 0 saturated carbocycles. The zero-order valence-electron chi connectivity index (χ0n) is 9.35. The van der Waals surface area contributed by atoms with E-state index in [-0.39, 0.29) is 18.4 Å². The molecule has 0 spiro atoms. The van der Waals surface area contributed by atoms with E-state index < -0.39 is 0 Å². The molecular formula is C11H13IN4O. The average Bonchev–Trinajstić information content (AvgIpc) is 2.51. The van der Waals surface area contributed by atoms with Crippen molar-refractivity contribution in [3.8, 4) is 0 Å².